The molecule has 0 saturated heterocycles. The van der Waals surface area contributed by atoms with E-state index in [0.29, 0.717) is 11.4 Å². The Morgan fingerprint density at radius 2 is 1.39 bits per heavy atom. The first-order chi connectivity index (χ1) is 25.3. The van der Waals surface area contributed by atoms with Gasteiger partial charge in [-0.15, -0.1) is 0 Å². The molecule has 0 amide bonds. The van der Waals surface area contributed by atoms with Crippen molar-refractivity contribution in [1.29, 1.82) is 0 Å². The zero-order valence-electron chi connectivity index (χ0n) is 27.4. The molecule has 5 nitrogen and oxygen atoms in total. The summed E-state index contributed by atoms with van der Waals surface area (Å²) in [5, 5.41) is 6.93. The van der Waals surface area contributed by atoms with Crippen LogP contribution in [0.15, 0.2) is 148 Å². The quantitative estimate of drug-likeness (QED) is 0.190. The van der Waals surface area contributed by atoms with Crippen LogP contribution in [0.25, 0.3) is 111 Å². The van der Waals surface area contributed by atoms with E-state index in [0.717, 1.165) is 84.8 Å². The summed E-state index contributed by atoms with van der Waals surface area (Å²) in [6.45, 7) is 0. The summed E-state index contributed by atoms with van der Waals surface area (Å²) in [7, 11) is 0. The molecular formula is C46H27N3O2. The number of allylic oxidation sites excluding steroid dienone is 4. The van der Waals surface area contributed by atoms with Gasteiger partial charge in [0.25, 0.3) is 0 Å². The van der Waals surface area contributed by atoms with Crippen molar-refractivity contribution in [2.24, 2.45) is 0 Å². The van der Waals surface area contributed by atoms with Crippen LogP contribution < -0.4 is 0 Å². The van der Waals surface area contributed by atoms with Crippen molar-refractivity contribution in [2.75, 3.05) is 0 Å². The Morgan fingerprint density at radius 3 is 2.27 bits per heavy atom. The van der Waals surface area contributed by atoms with Gasteiger partial charge in [0.1, 0.15) is 22.4 Å². The number of hydrogen-bond acceptors (Lipinski definition) is 4. The fourth-order valence-electron chi connectivity index (χ4n) is 8.50. The molecular weight excluding hydrogens is 627 g/mol. The largest absolute Gasteiger partial charge is 0.455 e. The summed E-state index contributed by atoms with van der Waals surface area (Å²) in [6, 6.07) is 43.1. The smallest absolute Gasteiger partial charge is 0.197 e. The number of hydrogen-bond donors (Lipinski definition) is 0. The predicted octanol–water partition coefficient (Wildman–Crippen LogP) is 12.4. The third-order valence-corrected chi connectivity index (χ3v) is 10.8. The first-order valence-corrected chi connectivity index (χ1v) is 17.5. The molecule has 0 unspecified atom stereocenters. The summed E-state index contributed by atoms with van der Waals surface area (Å²) in [4.78, 5) is 10.4. The van der Waals surface area contributed by atoms with Crippen molar-refractivity contribution in [1.82, 2.24) is 14.5 Å². The van der Waals surface area contributed by atoms with Crippen molar-refractivity contribution in [3.05, 3.63) is 145 Å². The third kappa shape index (κ3) is 3.69. The Balaban J connectivity index is 1.11. The van der Waals surface area contributed by atoms with Gasteiger partial charge in [0.15, 0.2) is 17.2 Å². The van der Waals surface area contributed by atoms with Crippen LogP contribution >= 0.6 is 0 Å². The third-order valence-electron chi connectivity index (χ3n) is 10.8. The van der Waals surface area contributed by atoms with E-state index in [4.69, 9.17) is 18.8 Å². The van der Waals surface area contributed by atoms with Crippen LogP contribution in [0.2, 0.25) is 0 Å². The molecule has 0 fully saturated rings. The molecule has 51 heavy (non-hydrogen) atoms. The number of furan rings is 2. The molecule has 12 rings (SSSR count). The average molecular weight is 654 g/mol. The van der Waals surface area contributed by atoms with Gasteiger partial charge in [0.2, 0.25) is 0 Å². The van der Waals surface area contributed by atoms with Gasteiger partial charge in [0, 0.05) is 43.6 Å². The molecule has 0 bridgehead atoms. The lowest BCUT2D eigenvalue weighted by Crippen LogP contribution is -2.04. The Kier molecular flexibility index (Phi) is 5.28. The lowest BCUT2D eigenvalue weighted by Gasteiger charge is -2.12. The maximum atomic E-state index is 6.57. The summed E-state index contributed by atoms with van der Waals surface area (Å²) >= 11 is 0. The highest BCUT2D eigenvalue weighted by molar-refractivity contribution is 6.21. The van der Waals surface area contributed by atoms with Gasteiger partial charge in [-0.05, 0) is 83.4 Å². The van der Waals surface area contributed by atoms with E-state index < -0.39 is 0 Å². The van der Waals surface area contributed by atoms with Gasteiger partial charge in [-0.2, -0.15) is 0 Å². The molecule has 0 N–H and O–H groups in total. The number of benzene rings is 6. The number of aromatic nitrogens is 3. The molecule has 4 heterocycles. The molecule has 4 aromatic heterocycles. The molecule has 0 atom stereocenters. The minimum absolute atomic E-state index is 0.684. The monoisotopic (exact) mass is 653 g/mol. The van der Waals surface area contributed by atoms with Crippen LogP contribution in [0.1, 0.15) is 18.7 Å². The highest BCUT2D eigenvalue weighted by Crippen LogP contribution is 2.53. The van der Waals surface area contributed by atoms with Gasteiger partial charge in [-0.1, -0.05) is 91.0 Å². The van der Waals surface area contributed by atoms with E-state index in [-0.39, 0.29) is 0 Å². The van der Waals surface area contributed by atoms with Crippen LogP contribution in [0.3, 0.4) is 0 Å². The Bertz CT molecular complexity index is 3210. The molecule has 5 heteroatoms. The summed E-state index contributed by atoms with van der Waals surface area (Å²) < 4.78 is 15.3. The first-order valence-electron chi connectivity index (χ1n) is 17.5. The Morgan fingerprint density at radius 1 is 0.588 bits per heavy atom. The van der Waals surface area contributed by atoms with Crippen LogP contribution in [0.4, 0.5) is 0 Å². The molecule has 6 aromatic carbocycles. The number of para-hydroxylation sites is 3. The highest BCUT2D eigenvalue weighted by atomic mass is 16.3. The van der Waals surface area contributed by atoms with Gasteiger partial charge in [0.05, 0.1) is 11.0 Å². The van der Waals surface area contributed by atoms with Crippen LogP contribution in [-0.4, -0.2) is 14.5 Å². The zero-order valence-corrected chi connectivity index (χ0v) is 27.4. The second-order valence-corrected chi connectivity index (χ2v) is 13.6. The molecule has 238 valence electrons. The molecule has 0 spiro atoms. The van der Waals surface area contributed by atoms with Crippen LogP contribution in [-0.2, 0) is 0 Å². The minimum Gasteiger partial charge on any atom is -0.455 e. The van der Waals surface area contributed by atoms with E-state index in [2.05, 4.69) is 120 Å². The zero-order chi connectivity index (χ0) is 33.2. The summed E-state index contributed by atoms with van der Waals surface area (Å²) in [5.74, 6) is 2.42. The molecule has 0 saturated carbocycles. The van der Waals surface area contributed by atoms with Crippen LogP contribution in [0.5, 0.6) is 0 Å². The topological polar surface area (TPSA) is 57.0 Å². The van der Waals surface area contributed by atoms with Crippen LogP contribution in [0, 0.1) is 0 Å². The van der Waals surface area contributed by atoms with Crippen molar-refractivity contribution in [3.8, 4) is 39.4 Å². The number of rotatable bonds is 3. The van der Waals surface area contributed by atoms with Gasteiger partial charge in [-0.3, -0.25) is 4.57 Å². The van der Waals surface area contributed by atoms with E-state index in [9.17, 15) is 0 Å². The minimum atomic E-state index is 0.684. The second kappa shape index (κ2) is 9.93. The van der Waals surface area contributed by atoms with E-state index >= 15 is 0 Å². The van der Waals surface area contributed by atoms with Gasteiger partial charge < -0.3 is 8.83 Å². The standard InChI is InChI=1S/C46H27N3O2/c1-2-11-26(12-3-1)45-47-42-32-16-6-9-20-39(32)51-44(42)46(48-45)49-36-18-7-4-14-30(36)34-24-27(21-22-37(34)49)29-23-28-13-10-17-33-40(28)35(25-29)41-31-15-5-8-19-38(31)50-43(33)41/h2,4-25H,1,3H2. The predicted molar refractivity (Wildman–Crippen MR) is 207 cm³/mol. The lowest BCUT2D eigenvalue weighted by molar-refractivity contribution is 0.634. The molecule has 0 aliphatic heterocycles. The number of nitrogens with zero attached hydrogens (tertiary/aromatic N) is 3. The maximum Gasteiger partial charge on any atom is 0.197 e. The maximum absolute atomic E-state index is 6.57. The van der Waals surface area contributed by atoms with Gasteiger partial charge >= 0.3 is 0 Å². The summed E-state index contributed by atoms with van der Waals surface area (Å²) in [5.41, 5.74) is 12.3. The molecule has 2 aliphatic carbocycles. The van der Waals surface area contributed by atoms with Gasteiger partial charge in [-0.25, -0.2) is 9.97 Å². The van der Waals surface area contributed by atoms with E-state index in [1.807, 2.05) is 24.3 Å². The second-order valence-electron chi connectivity index (χ2n) is 13.6. The molecule has 10 aromatic rings. The number of fused-ring (bicyclic) bond motifs is 11. The fourth-order valence-corrected chi connectivity index (χ4v) is 8.50. The van der Waals surface area contributed by atoms with E-state index in [1.54, 1.807) is 0 Å². The summed E-state index contributed by atoms with van der Waals surface area (Å²) in [6.07, 6.45) is 8.58. The molecule has 2 aliphatic rings. The van der Waals surface area contributed by atoms with Crippen molar-refractivity contribution < 1.29 is 8.83 Å². The Labute approximate surface area is 291 Å². The lowest BCUT2D eigenvalue weighted by atomic mass is 9.94. The van der Waals surface area contributed by atoms with Crippen molar-refractivity contribution in [3.63, 3.8) is 0 Å². The highest BCUT2D eigenvalue weighted by Gasteiger charge is 2.29. The van der Waals surface area contributed by atoms with Crippen molar-refractivity contribution >= 4 is 71.2 Å². The SMILES string of the molecule is C1=CC(c2nc(-n3c4ccccc4c4cc(-c5cc6c7c(cccc7c5)-c5oc7ccccc7c5-6)ccc43)c3oc4ccccc4c3n2)=CCC1. The first kappa shape index (κ1) is 27.1. The normalized spacial score (nSPS) is 13.8. The molecule has 0 radical (unpaired) electrons. The fraction of sp³-hybridized carbons (Fsp3) is 0.0435. The van der Waals surface area contributed by atoms with E-state index in [1.165, 1.54) is 33.0 Å². The van der Waals surface area contributed by atoms with Crippen molar-refractivity contribution in [2.45, 2.75) is 12.8 Å². The Hall–Kier alpha value is -6.72. The average Bonchev–Trinajstić information content (AvgIpc) is 3.93.